The molecule has 0 saturated carbocycles. The fraction of sp³-hybridized carbons (Fsp3) is 0.160. The number of aryl methyl sites for hydroxylation is 3. The Bertz CT molecular complexity index is 1640. The minimum Gasteiger partial charge on any atom is -0.301 e. The number of hydrogen-bond acceptors (Lipinski definition) is 3. The molecule has 166 valence electrons. The van der Waals surface area contributed by atoms with E-state index in [1.54, 1.807) is 43.0 Å². The van der Waals surface area contributed by atoms with Crippen LogP contribution in [0.25, 0.3) is 27.8 Å². The first kappa shape index (κ1) is 20.7. The lowest BCUT2D eigenvalue weighted by atomic mass is 10.0. The molecule has 0 amide bonds. The van der Waals surface area contributed by atoms with Crippen molar-refractivity contribution in [1.82, 2.24) is 24.1 Å². The van der Waals surface area contributed by atoms with Crippen LogP contribution in [0.3, 0.4) is 0 Å². The van der Waals surface area contributed by atoms with Gasteiger partial charge in [0.2, 0.25) is 0 Å². The molecule has 3 heterocycles. The molecule has 5 rings (SSSR count). The van der Waals surface area contributed by atoms with E-state index < -0.39 is 5.82 Å². The maximum absolute atomic E-state index is 15.2. The molecule has 8 heteroatoms. The van der Waals surface area contributed by atoms with Crippen LogP contribution in [0.4, 0.5) is 4.39 Å². The largest absolute Gasteiger partial charge is 0.301 e. The Morgan fingerprint density at radius 3 is 2.52 bits per heavy atom. The first-order chi connectivity index (χ1) is 15.8. The lowest BCUT2D eigenvalue weighted by Crippen LogP contribution is -2.24. The Morgan fingerprint density at radius 1 is 1.03 bits per heavy atom. The number of aromatic amines is 1. The molecule has 0 aliphatic rings. The fourth-order valence-corrected chi connectivity index (χ4v) is 4.18. The zero-order valence-electron chi connectivity index (χ0n) is 18.5. The standard InChI is InChI=1S/C25H22FN5O2/c1-15-8-9-18(19(26)12-15)24-23-20(13-22(32)30(24)14-17-10-11-29(3)27-17)28-31(25(23)33)21-7-5-4-6-16(21)2/h4-13,28H,14H2,1-3H3. The number of nitrogens with zero attached hydrogens (tertiary/aromatic N) is 4. The molecule has 33 heavy (non-hydrogen) atoms. The smallest absolute Gasteiger partial charge is 0.281 e. The lowest BCUT2D eigenvalue weighted by Gasteiger charge is -2.14. The van der Waals surface area contributed by atoms with E-state index in [2.05, 4.69) is 10.2 Å². The molecule has 5 aromatic rings. The molecule has 0 aliphatic heterocycles. The average molecular weight is 443 g/mol. The summed E-state index contributed by atoms with van der Waals surface area (Å²) >= 11 is 0. The number of pyridine rings is 1. The minimum absolute atomic E-state index is 0.104. The Labute approximate surface area is 188 Å². The second-order valence-corrected chi connectivity index (χ2v) is 8.21. The van der Waals surface area contributed by atoms with E-state index in [1.807, 2.05) is 31.2 Å². The molecule has 7 nitrogen and oxygen atoms in total. The van der Waals surface area contributed by atoms with Gasteiger partial charge in [-0.1, -0.05) is 24.3 Å². The van der Waals surface area contributed by atoms with Crippen LogP contribution < -0.4 is 11.1 Å². The molecule has 0 bridgehead atoms. The SMILES string of the molecule is Cc1ccc(-c2c3c(=O)n(-c4ccccc4C)[nH]c3cc(=O)n2Cc2ccn(C)n2)c(F)c1. The van der Waals surface area contributed by atoms with Crippen molar-refractivity contribution in [1.29, 1.82) is 0 Å². The van der Waals surface area contributed by atoms with Crippen molar-refractivity contribution < 1.29 is 4.39 Å². The Morgan fingerprint density at radius 2 is 1.82 bits per heavy atom. The summed E-state index contributed by atoms with van der Waals surface area (Å²) in [7, 11) is 1.78. The van der Waals surface area contributed by atoms with Gasteiger partial charge in [-0.3, -0.25) is 19.4 Å². The number of rotatable bonds is 4. The highest BCUT2D eigenvalue weighted by Crippen LogP contribution is 2.29. The Hall–Kier alpha value is -4.20. The summed E-state index contributed by atoms with van der Waals surface area (Å²) in [6.07, 6.45) is 1.77. The average Bonchev–Trinajstić information content (AvgIpc) is 3.32. The van der Waals surface area contributed by atoms with Gasteiger partial charge >= 0.3 is 0 Å². The molecule has 0 atom stereocenters. The van der Waals surface area contributed by atoms with Gasteiger partial charge < -0.3 is 4.57 Å². The predicted octanol–water partition coefficient (Wildman–Crippen LogP) is 3.69. The highest BCUT2D eigenvalue weighted by molar-refractivity contribution is 5.92. The summed E-state index contributed by atoms with van der Waals surface area (Å²) in [4.78, 5) is 26.9. The molecule has 0 saturated heterocycles. The third-order valence-corrected chi connectivity index (χ3v) is 5.78. The quantitative estimate of drug-likeness (QED) is 0.460. The molecule has 0 spiro atoms. The monoisotopic (exact) mass is 443 g/mol. The van der Waals surface area contributed by atoms with Crippen LogP contribution in [0.2, 0.25) is 0 Å². The molecule has 2 aromatic carbocycles. The molecule has 0 radical (unpaired) electrons. The summed E-state index contributed by atoms with van der Waals surface area (Å²) in [6, 6.07) is 15.4. The highest BCUT2D eigenvalue weighted by Gasteiger charge is 2.22. The summed E-state index contributed by atoms with van der Waals surface area (Å²) in [5.41, 5.74) is 2.97. The molecule has 3 aromatic heterocycles. The van der Waals surface area contributed by atoms with Gasteiger partial charge in [0.25, 0.3) is 11.1 Å². The van der Waals surface area contributed by atoms with Gasteiger partial charge in [0.05, 0.1) is 34.5 Å². The Balaban J connectivity index is 1.87. The zero-order valence-corrected chi connectivity index (χ0v) is 18.5. The van der Waals surface area contributed by atoms with Gasteiger partial charge in [-0.25, -0.2) is 9.07 Å². The van der Waals surface area contributed by atoms with Gasteiger partial charge in [-0.05, 0) is 49.2 Å². The number of aromatic nitrogens is 5. The van der Waals surface area contributed by atoms with Gasteiger partial charge in [0.15, 0.2) is 0 Å². The maximum Gasteiger partial charge on any atom is 0.281 e. The van der Waals surface area contributed by atoms with Crippen molar-refractivity contribution in [2.75, 3.05) is 0 Å². The van der Waals surface area contributed by atoms with E-state index in [0.29, 0.717) is 16.9 Å². The number of para-hydroxylation sites is 1. The minimum atomic E-state index is -0.500. The number of nitrogens with one attached hydrogen (secondary N) is 1. The Kier molecular flexibility index (Phi) is 4.85. The summed E-state index contributed by atoms with van der Waals surface area (Å²) in [6.45, 7) is 3.79. The topological polar surface area (TPSA) is 77.6 Å². The van der Waals surface area contributed by atoms with E-state index in [4.69, 9.17) is 0 Å². The van der Waals surface area contributed by atoms with Crippen molar-refractivity contribution in [3.63, 3.8) is 0 Å². The first-order valence-corrected chi connectivity index (χ1v) is 10.5. The van der Waals surface area contributed by atoms with Crippen molar-refractivity contribution >= 4 is 10.9 Å². The van der Waals surface area contributed by atoms with Crippen molar-refractivity contribution in [2.45, 2.75) is 20.4 Å². The third kappa shape index (κ3) is 3.49. The van der Waals surface area contributed by atoms with Crippen molar-refractivity contribution in [2.24, 2.45) is 7.05 Å². The van der Waals surface area contributed by atoms with Gasteiger partial charge in [-0.15, -0.1) is 0 Å². The summed E-state index contributed by atoms with van der Waals surface area (Å²) in [5.74, 6) is -0.500. The van der Waals surface area contributed by atoms with E-state index in [1.165, 1.54) is 21.4 Å². The van der Waals surface area contributed by atoms with Crippen LogP contribution in [0.1, 0.15) is 16.8 Å². The van der Waals surface area contributed by atoms with E-state index in [0.717, 1.165) is 11.1 Å². The van der Waals surface area contributed by atoms with Gasteiger partial charge in [0, 0.05) is 24.9 Å². The van der Waals surface area contributed by atoms with Crippen molar-refractivity contribution in [3.05, 3.63) is 104 Å². The third-order valence-electron chi connectivity index (χ3n) is 5.78. The van der Waals surface area contributed by atoms with Crippen LogP contribution >= 0.6 is 0 Å². The second-order valence-electron chi connectivity index (χ2n) is 8.21. The molecule has 1 N–H and O–H groups in total. The maximum atomic E-state index is 15.2. The van der Waals surface area contributed by atoms with Crippen LogP contribution in [-0.2, 0) is 13.6 Å². The van der Waals surface area contributed by atoms with Crippen LogP contribution in [0.15, 0.2) is 70.4 Å². The fourth-order valence-electron chi connectivity index (χ4n) is 4.18. The second kappa shape index (κ2) is 7.74. The molecule has 0 unspecified atom stereocenters. The normalized spacial score (nSPS) is 11.4. The summed E-state index contributed by atoms with van der Waals surface area (Å²) in [5, 5.41) is 7.65. The van der Waals surface area contributed by atoms with E-state index in [-0.39, 0.29) is 34.3 Å². The lowest BCUT2D eigenvalue weighted by molar-refractivity contribution is 0.626. The molecule has 0 fully saturated rings. The predicted molar refractivity (Wildman–Crippen MR) is 125 cm³/mol. The molecular weight excluding hydrogens is 421 g/mol. The summed E-state index contributed by atoms with van der Waals surface area (Å²) < 4.78 is 19.6. The highest BCUT2D eigenvalue weighted by atomic mass is 19.1. The number of halogens is 1. The van der Waals surface area contributed by atoms with E-state index >= 15 is 4.39 Å². The van der Waals surface area contributed by atoms with Crippen LogP contribution in [0, 0.1) is 19.7 Å². The van der Waals surface area contributed by atoms with Gasteiger partial charge in [-0.2, -0.15) is 5.10 Å². The van der Waals surface area contributed by atoms with Crippen LogP contribution in [0.5, 0.6) is 0 Å². The van der Waals surface area contributed by atoms with Crippen molar-refractivity contribution in [3.8, 4) is 16.9 Å². The number of benzene rings is 2. The zero-order chi connectivity index (χ0) is 23.3. The van der Waals surface area contributed by atoms with Crippen LogP contribution in [-0.4, -0.2) is 24.1 Å². The molecular formula is C25H22FN5O2. The number of hydrogen-bond donors (Lipinski definition) is 1. The van der Waals surface area contributed by atoms with Gasteiger partial charge in [0.1, 0.15) is 5.82 Å². The number of fused-ring (bicyclic) bond motifs is 1. The molecule has 0 aliphatic carbocycles. The number of H-pyrrole nitrogens is 1. The first-order valence-electron chi connectivity index (χ1n) is 10.5. The van der Waals surface area contributed by atoms with E-state index in [9.17, 15) is 9.59 Å².